The highest BCUT2D eigenvalue weighted by atomic mass is 16.5. The van der Waals surface area contributed by atoms with E-state index in [2.05, 4.69) is 5.32 Å². The van der Waals surface area contributed by atoms with E-state index in [4.69, 9.17) is 18.9 Å². The minimum absolute atomic E-state index is 0.208. The molecule has 0 bridgehead atoms. The summed E-state index contributed by atoms with van der Waals surface area (Å²) in [7, 11) is 4.77. The van der Waals surface area contributed by atoms with E-state index in [0.717, 1.165) is 5.56 Å². The van der Waals surface area contributed by atoms with Crippen LogP contribution in [0, 0.1) is 0 Å². The van der Waals surface area contributed by atoms with Crippen molar-refractivity contribution >= 4 is 5.91 Å². The zero-order valence-corrected chi connectivity index (χ0v) is 16.4. The quantitative estimate of drug-likeness (QED) is 0.725. The summed E-state index contributed by atoms with van der Waals surface area (Å²) in [6.07, 6.45) is -0.119. The fourth-order valence-electron chi connectivity index (χ4n) is 2.75. The molecule has 6 heteroatoms. The van der Waals surface area contributed by atoms with Gasteiger partial charge in [-0.1, -0.05) is 19.1 Å². The third-order valence-electron chi connectivity index (χ3n) is 4.26. The summed E-state index contributed by atoms with van der Waals surface area (Å²) in [5, 5.41) is 2.99. The zero-order chi connectivity index (χ0) is 19.8. The highest BCUT2D eigenvalue weighted by molar-refractivity contribution is 5.81. The molecule has 0 saturated heterocycles. The molecule has 0 aliphatic carbocycles. The molecule has 27 heavy (non-hydrogen) atoms. The number of benzene rings is 2. The predicted octanol–water partition coefficient (Wildman–Crippen LogP) is 3.75. The van der Waals surface area contributed by atoms with E-state index in [-0.39, 0.29) is 11.9 Å². The van der Waals surface area contributed by atoms with E-state index < -0.39 is 6.10 Å². The maximum absolute atomic E-state index is 12.8. The Morgan fingerprint density at radius 2 is 1.63 bits per heavy atom. The van der Waals surface area contributed by atoms with E-state index in [1.807, 2.05) is 44.2 Å². The Morgan fingerprint density at radius 3 is 2.22 bits per heavy atom. The van der Waals surface area contributed by atoms with Gasteiger partial charge in [-0.25, -0.2) is 0 Å². The first-order valence-electron chi connectivity index (χ1n) is 8.86. The van der Waals surface area contributed by atoms with E-state index in [0.29, 0.717) is 29.4 Å². The van der Waals surface area contributed by atoms with Crippen molar-refractivity contribution in [3.05, 3.63) is 48.0 Å². The van der Waals surface area contributed by atoms with Gasteiger partial charge >= 0.3 is 0 Å². The lowest BCUT2D eigenvalue weighted by Gasteiger charge is -2.23. The van der Waals surface area contributed by atoms with Gasteiger partial charge in [0.05, 0.1) is 27.4 Å². The van der Waals surface area contributed by atoms with Crippen LogP contribution in [0.3, 0.4) is 0 Å². The van der Waals surface area contributed by atoms with Crippen molar-refractivity contribution in [2.45, 2.75) is 32.4 Å². The molecular weight excluding hydrogens is 346 g/mol. The molecule has 6 nitrogen and oxygen atoms in total. The van der Waals surface area contributed by atoms with Crippen molar-refractivity contribution in [1.82, 2.24) is 5.32 Å². The molecule has 0 saturated carbocycles. The Balaban J connectivity index is 2.14. The molecule has 146 valence electrons. The van der Waals surface area contributed by atoms with Crippen molar-refractivity contribution in [2.75, 3.05) is 21.3 Å². The van der Waals surface area contributed by atoms with Crippen LogP contribution in [0.15, 0.2) is 42.5 Å². The molecule has 2 atom stereocenters. The SMILES string of the molecule is CC[C@H](Oc1ccccc1OC)C(=O)N[C@H](C)c1cc(OC)ccc1OC. The summed E-state index contributed by atoms with van der Waals surface area (Å²) in [4.78, 5) is 12.8. The number of para-hydroxylation sites is 2. The molecule has 0 aliphatic rings. The van der Waals surface area contributed by atoms with Gasteiger partial charge in [-0.15, -0.1) is 0 Å². The molecule has 0 fully saturated rings. The number of carbonyl (C=O) groups excluding carboxylic acids is 1. The van der Waals surface area contributed by atoms with Gasteiger partial charge in [-0.05, 0) is 43.7 Å². The molecule has 0 aliphatic heterocycles. The summed E-state index contributed by atoms with van der Waals surface area (Å²) < 4.78 is 21.9. The van der Waals surface area contributed by atoms with Crippen molar-refractivity contribution in [1.29, 1.82) is 0 Å². The maximum atomic E-state index is 12.8. The Labute approximate surface area is 160 Å². The van der Waals surface area contributed by atoms with Gasteiger partial charge < -0.3 is 24.3 Å². The smallest absolute Gasteiger partial charge is 0.261 e. The molecule has 0 spiro atoms. The van der Waals surface area contributed by atoms with Crippen LogP contribution in [0.25, 0.3) is 0 Å². The molecule has 2 rings (SSSR count). The van der Waals surface area contributed by atoms with E-state index >= 15 is 0 Å². The molecule has 2 aromatic carbocycles. The maximum Gasteiger partial charge on any atom is 0.261 e. The number of rotatable bonds is 9. The van der Waals surface area contributed by atoms with E-state index in [1.54, 1.807) is 33.5 Å². The third kappa shape index (κ3) is 5.06. The van der Waals surface area contributed by atoms with Gasteiger partial charge in [-0.2, -0.15) is 0 Å². The zero-order valence-electron chi connectivity index (χ0n) is 16.4. The lowest BCUT2D eigenvalue weighted by Crippen LogP contribution is -2.39. The molecule has 2 aromatic rings. The number of hydrogen-bond acceptors (Lipinski definition) is 5. The normalized spacial score (nSPS) is 12.6. The first-order valence-corrected chi connectivity index (χ1v) is 8.86. The molecule has 0 radical (unpaired) electrons. The molecule has 0 unspecified atom stereocenters. The summed E-state index contributed by atoms with van der Waals surface area (Å²) in [6.45, 7) is 3.79. The lowest BCUT2D eigenvalue weighted by atomic mass is 10.1. The van der Waals surface area contributed by atoms with Crippen LogP contribution in [-0.4, -0.2) is 33.3 Å². The van der Waals surface area contributed by atoms with Crippen molar-refractivity contribution < 1.29 is 23.7 Å². The Hall–Kier alpha value is -2.89. The molecule has 1 amide bonds. The van der Waals surface area contributed by atoms with Crippen molar-refractivity contribution in [3.8, 4) is 23.0 Å². The van der Waals surface area contributed by atoms with E-state index in [1.165, 1.54) is 0 Å². The third-order valence-corrected chi connectivity index (χ3v) is 4.26. The van der Waals surface area contributed by atoms with Gasteiger partial charge in [0.25, 0.3) is 5.91 Å². The van der Waals surface area contributed by atoms with Crippen LogP contribution in [0.1, 0.15) is 31.9 Å². The lowest BCUT2D eigenvalue weighted by molar-refractivity contribution is -0.128. The van der Waals surface area contributed by atoms with Gasteiger partial charge in [0.15, 0.2) is 17.6 Å². The number of amides is 1. The fraction of sp³-hybridized carbons (Fsp3) is 0.381. The molecule has 0 aromatic heterocycles. The minimum Gasteiger partial charge on any atom is -0.497 e. The first-order chi connectivity index (χ1) is 13.0. The number of nitrogens with one attached hydrogen (secondary N) is 1. The second kappa shape index (κ2) is 9.71. The summed E-state index contributed by atoms with van der Waals surface area (Å²) in [5.41, 5.74) is 0.831. The summed E-state index contributed by atoms with van der Waals surface area (Å²) >= 11 is 0. The van der Waals surface area contributed by atoms with Crippen molar-refractivity contribution in [3.63, 3.8) is 0 Å². The molecule has 1 N–H and O–H groups in total. The van der Waals surface area contributed by atoms with Gasteiger partial charge in [0.2, 0.25) is 0 Å². The second-order valence-corrected chi connectivity index (χ2v) is 6.00. The Bertz CT molecular complexity index is 762. The number of ether oxygens (including phenoxy) is 4. The topological polar surface area (TPSA) is 66.0 Å². The number of hydrogen-bond donors (Lipinski definition) is 1. The fourth-order valence-corrected chi connectivity index (χ4v) is 2.75. The molecular formula is C21H27NO5. The first kappa shape index (κ1) is 20.4. The van der Waals surface area contributed by atoms with Crippen LogP contribution in [0.4, 0.5) is 0 Å². The minimum atomic E-state index is -0.639. The van der Waals surface area contributed by atoms with Crippen LogP contribution in [0.5, 0.6) is 23.0 Å². The van der Waals surface area contributed by atoms with Crippen LogP contribution >= 0.6 is 0 Å². The molecule has 0 heterocycles. The average molecular weight is 373 g/mol. The Kier molecular flexibility index (Phi) is 7.34. The Morgan fingerprint density at radius 1 is 0.963 bits per heavy atom. The summed E-state index contributed by atoms with van der Waals surface area (Å²) in [6, 6.07) is 12.5. The van der Waals surface area contributed by atoms with Crippen molar-refractivity contribution in [2.24, 2.45) is 0 Å². The van der Waals surface area contributed by atoms with E-state index in [9.17, 15) is 4.79 Å². The average Bonchev–Trinajstić information content (AvgIpc) is 2.71. The summed E-state index contributed by atoms with van der Waals surface area (Å²) in [5.74, 6) is 2.30. The second-order valence-electron chi connectivity index (χ2n) is 6.00. The standard InChI is InChI=1S/C21H27NO5/c1-6-17(27-20-10-8-7-9-19(20)26-5)21(23)22-14(2)16-13-15(24-3)11-12-18(16)25-4/h7-14,17H,6H2,1-5H3,(H,22,23)/t14-,17+/m1/s1. The van der Waals surface area contributed by atoms with Gasteiger partial charge in [-0.3, -0.25) is 4.79 Å². The van der Waals surface area contributed by atoms with Crippen LogP contribution in [-0.2, 0) is 4.79 Å². The van der Waals surface area contributed by atoms with Gasteiger partial charge in [0.1, 0.15) is 11.5 Å². The highest BCUT2D eigenvalue weighted by Crippen LogP contribution is 2.30. The highest BCUT2D eigenvalue weighted by Gasteiger charge is 2.23. The van der Waals surface area contributed by atoms with Crippen LogP contribution in [0.2, 0.25) is 0 Å². The van der Waals surface area contributed by atoms with Gasteiger partial charge in [0, 0.05) is 5.56 Å². The largest absolute Gasteiger partial charge is 0.497 e. The van der Waals surface area contributed by atoms with Crippen LogP contribution < -0.4 is 24.3 Å². The predicted molar refractivity (Wildman–Crippen MR) is 104 cm³/mol. The number of carbonyl (C=O) groups is 1. The number of methoxy groups -OCH3 is 3. The monoisotopic (exact) mass is 373 g/mol.